The molecule has 0 bridgehead atoms. The summed E-state index contributed by atoms with van der Waals surface area (Å²) in [6, 6.07) is 6.10. The van der Waals surface area contributed by atoms with E-state index in [0.29, 0.717) is 6.54 Å². The van der Waals surface area contributed by atoms with E-state index in [1.54, 1.807) is 0 Å². The molecule has 1 aromatic rings. The average molecular weight is 247 g/mol. The van der Waals surface area contributed by atoms with Crippen LogP contribution in [0.1, 0.15) is 31.2 Å². The van der Waals surface area contributed by atoms with Gasteiger partial charge in [-0.2, -0.15) is 0 Å². The number of amides is 2. The first-order valence-electron chi connectivity index (χ1n) is 6.67. The smallest absolute Gasteiger partial charge is 0.320 e. The van der Waals surface area contributed by atoms with E-state index >= 15 is 0 Å². The van der Waals surface area contributed by atoms with Gasteiger partial charge in [0, 0.05) is 25.3 Å². The van der Waals surface area contributed by atoms with Crippen LogP contribution in [-0.4, -0.2) is 40.4 Å². The molecule has 1 aromatic heterocycles. The van der Waals surface area contributed by atoms with Crippen molar-refractivity contribution >= 4 is 6.03 Å². The predicted octanol–water partition coefficient (Wildman–Crippen LogP) is 2.43. The molecule has 0 aliphatic carbocycles. The van der Waals surface area contributed by atoms with Gasteiger partial charge in [0.1, 0.15) is 0 Å². The minimum atomic E-state index is 0.151. The molecule has 0 unspecified atom stereocenters. The van der Waals surface area contributed by atoms with E-state index in [9.17, 15) is 4.79 Å². The molecule has 2 rings (SSSR count). The second-order valence-corrected chi connectivity index (χ2v) is 4.76. The van der Waals surface area contributed by atoms with Crippen molar-refractivity contribution in [2.24, 2.45) is 0 Å². The van der Waals surface area contributed by atoms with Crippen molar-refractivity contribution in [3.05, 3.63) is 29.6 Å². The van der Waals surface area contributed by atoms with Gasteiger partial charge in [0.2, 0.25) is 0 Å². The molecule has 1 fully saturated rings. The van der Waals surface area contributed by atoms with Gasteiger partial charge in [-0.1, -0.05) is 6.07 Å². The van der Waals surface area contributed by atoms with E-state index in [-0.39, 0.29) is 6.03 Å². The highest BCUT2D eigenvalue weighted by Gasteiger charge is 2.22. The third-order valence-corrected chi connectivity index (χ3v) is 3.33. The van der Waals surface area contributed by atoms with Gasteiger partial charge in [-0.25, -0.2) is 4.79 Å². The maximum Gasteiger partial charge on any atom is 0.320 e. The highest BCUT2D eigenvalue weighted by atomic mass is 16.2. The molecule has 0 atom stereocenters. The second kappa shape index (κ2) is 5.85. The summed E-state index contributed by atoms with van der Waals surface area (Å²) in [7, 11) is 0. The maximum atomic E-state index is 12.3. The van der Waals surface area contributed by atoms with Crippen LogP contribution in [-0.2, 0) is 6.54 Å². The molecule has 2 heterocycles. The first kappa shape index (κ1) is 12.9. The number of aryl methyl sites for hydroxylation is 1. The fourth-order valence-corrected chi connectivity index (χ4v) is 2.31. The molecule has 4 heteroatoms. The molecule has 0 spiro atoms. The Morgan fingerprint density at radius 2 is 2.11 bits per heavy atom. The number of carbonyl (C=O) groups excluding carboxylic acids is 1. The number of aromatic nitrogens is 1. The highest BCUT2D eigenvalue weighted by molar-refractivity contribution is 5.74. The lowest BCUT2D eigenvalue weighted by Crippen LogP contribution is -2.41. The SMILES string of the molecule is CCN(Cc1cccc(C)n1)C(=O)N1CCCC1. The van der Waals surface area contributed by atoms with E-state index in [0.717, 1.165) is 43.9 Å². The Labute approximate surface area is 109 Å². The number of rotatable bonds is 3. The number of hydrogen-bond acceptors (Lipinski definition) is 2. The van der Waals surface area contributed by atoms with Crippen LogP contribution in [0.2, 0.25) is 0 Å². The minimum absolute atomic E-state index is 0.151. The lowest BCUT2D eigenvalue weighted by Gasteiger charge is -2.26. The van der Waals surface area contributed by atoms with Gasteiger partial charge in [0.15, 0.2) is 0 Å². The van der Waals surface area contributed by atoms with Gasteiger partial charge in [-0.05, 0) is 38.8 Å². The van der Waals surface area contributed by atoms with Crippen molar-refractivity contribution < 1.29 is 4.79 Å². The molecule has 18 heavy (non-hydrogen) atoms. The van der Waals surface area contributed by atoms with Gasteiger partial charge >= 0.3 is 6.03 Å². The zero-order chi connectivity index (χ0) is 13.0. The highest BCUT2D eigenvalue weighted by Crippen LogP contribution is 2.12. The number of hydrogen-bond donors (Lipinski definition) is 0. The Balaban J connectivity index is 2.02. The molecule has 0 N–H and O–H groups in total. The molecule has 1 aliphatic rings. The molecule has 0 saturated carbocycles. The molecule has 2 amide bonds. The first-order chi connectivity index (χ1) is 8.70. The molecule has 0 aromatic carbocycles. The third kappa shape index (κ3) is 3.00. The monoisotopic (exact) mass is 247 g/mol. The fraction of sp³-hybridized carbons (Fsp3) is 0.571. The van der Waals surface area contributed by atoms with Gasteiger partial charge in [-0.15, -0.1) is 0 Å². The average Bonchev–Trinajstić information content (AvgIpc) is 2.89. The summed E-state index contributed by atoms with van der Waals surface area (Å²) in [5.74, 6) is 0. The Bertz CT molecular complexity index is 413. The topological polar surface area (TPSA) is 36.4 Å². The standard InChI is InChI=1S/C14H21N3O/c1-3-16(14(18)17-9-4-5-10-17)11-13-8-6-7-12(2)15-13/h6-8H,3-5,9-11H2,1-2H3. The van der Waals surface area contributed by atoms with Crippen molar-refractivity contribution in [2.75, 3.05) is 19.6 Å². The molecular weight excluding hydrogens is 226 g/mol. The van der Waals surface area contributed by atoms with Crippen LogP contribution in [0, 0.1) is 6.92 Å². The number of pyridine rings is 1. The molecule has 98 valence electrons. The Kier molecular flexibility index (Phi) is 4.18. The zero-order valence-corrected chi connectivity index (χ0v) is 11.2. The van der Waals surface area contributed by atoms with E-state index < -0.39 is 0 Å². The Hall–Kier alpha value is -1.58. The van der Waals surface area contributed by atoms with Gasteiger partial charge in [-0.3, -0.25) is 4.98 Å². The predicted molar refractivity (Wildman–Crippen MR) is 71.3 cm³/mol. The Morgan fingerprint density at radius 3 is 2.72 bits per heavy atom. The minimum Gasteiger partial charge on any atom is -0.325 e. The number of carbonyl (C=O) groups is 1. The second-order valence-electron chi connectivity index (χ2n) is 4.76. The lowest BCUT2D eigenvalue weighted by atomic mass is 10.3. The molecule has 4 nitrogen and oxygen atoms in total. The van der Waals surface area contributed by atoms with Crippen LogP contribution >= 0.6 is 0 Å². The Morgan fingerprint density at radius 1 is 1.39 bits per heavy atom. The summed E-state index contributed by atoms with van der Waals surface area (Å²) in [5, 5.41) is 0. The van der Waals surface area contributed by atoms with Crippen LogP contribution in [0.4, 0.5) is 4.79 Å². The quantitative estimate of drug-likeness (QED) is 0.822. The van der Waals surface area contributed by atoms with Crippen LogP contribution in [0.15, 0.2) is 18.2 Å². The maximum absolute atomic E-state index is 12.3. The summed E-state index contributed by atoms with van der Waals surface area (Å²) in [6.07, 6.45) is 2.26. The summed E-state index contributed by atoms with van der Waals surface area (Å²) in [6.45, 7) is 7.12. The van der Waals surface area contributed by atoms with Crippen LogP contribution in [0.3, 0.4) is 0 Å². The molecule has 1 aliphatic heterocycles. The molecular formula is C14H21N3O. The lowest BCUT2D eigenvalue weighted by molar-refractivity contribution is 0.162. The first-order valence-corrected chi connectivity index (χ1v) is 6.67. The van der Waals surface area contributed by atoms with E-state index in [1.807, 2.05) is 41.8 Å². The van der Waals surface area contributed by atoms with Gasteiger partial charge < -0.3 is 9.80 Å². The number of urea groups is 1. The van der Waals surface area contributed by atoms with Gasteiger partial charge in [0.05, 0.1) is 12.2 Å². The number of nitrogens with zero attached hydrogens (tertiary/aromatic N) is 3. The van der Waals surface area contributed by atoms with Crippen LogP contribution in [0.25, 0.3) is 0 Å². The van der Waals surface area contributed by atoms with E-state index in [4.69, 9.17) is 0 Å². The summed E-state index contributed by atoms with van der Waals surface area (Å²) >= 11 is 0. The summed E-state index contributed by atoms with van der Waals surface area (Å²) < 4.78 is 0. The van der Waals surface area contributed by atoms with Crippen molar-refractivity contribution in [3.8, 4) is 0 Å². The van der Waals surface area contributed by atoms with Gasteiger partial charge in [0.25, 0.3) is 0 Å². The van der Waals surface area contributed by atoms with E-state index in [1.165, 1.54) is 0 Å². The zero-order valence-electron chi connectivity index (χ0n) is 11.2. The largest absolute Gasteiger partial charge is 0.325 e. The number of likely N-dealkylation sites (tertiary alicyclic amines) is 1. The molecule has 1 saturated heterocycles. The summed E-state index contributed by atoms with van der Waals surface area (Å²) in [5.41, 5.74) is 1.96. The van der Waals surface area contributed by atoms with Crippen LogP contribution < -0.4 is 0 Å². The van der Waals surface area contributed by atoms with Crippen LogP contribution in [0.5, 0.6) is 0 Å². The van der Waals surface area contributed by atoms with Crippen molar-refractivity contribution in [1.82, 2.24) is 14.8 Å². The van der Waals surface area contributed by atoms with Crippen molar-refractivity contribution in [2.45, 2.75) is 33.2 Å². The summed E-state index contributed by atoms with van der Waals surface area (Å²) in [4.78, 5) is 20.6. The third-order valence-electron chi connectivity index (χ3n) is 3.33. The van der Waals surface area contributed by atoms with E-state index in [2.05, 4.69) is 4.98 Å². The normalized spacial score (nSPS) is 14.9. The fourth-order valence-electron chi connectivity index (χ4n) is 2.31. The van der Waals surface area contributed by atoms with Crippen molar-refractivity contribution in [1.29, 1.82) is 0 Å². The molecule has 0 radical (unpaired) electrons. The van der Waals surface area contributed by atoms with Crippen molar-refractivity contribution in [3.63, 3.8) is 0 Å².